The SMILES string of the molecule is CC(C)(C)NC(=O)[C@H](Cc1ccc(OCc2ccccc2)cc1)NC(=O)[C@@H](N)Cc1cnc[nH]1. The number of amides is 2. The van der Waals surface area contributed by atoms with Gasteiger partial charge in [0.25, 0.3) is 0 Å². The van der Waals surface area contributed by atoms with Crippen LogP contribution in [0.1, 0.15) is 37.6 Å². The number of hydrogen-bond donors (Lipinski definition) is 4. The van der Waals surface area contributed by atoms with Crippen LogP contribution in [0.5, 0.6) is 5.75 Å². The topological polar surface area (TPSA) is 122 Å². The molecule has 0 saturated heterocycles. The summed E-state index contributed by atoms with van der Waals surface area (Å²) >= 11 is 0. The van der Waals surface area contributed by atoms with E-state index in [9.17, 15) is 9.59 Å². The third-order valence-electron chi connectivity index (χ3n) is 5.07. The molecule has 2 atom stereocenters. The van der Waals surface area contributed by atoms with Crippen molar-refractivity contribution in [1.29, 1.82) is 0 Å². The van der Waals surface area contributed by atoms with E-state index in [1.807, 2.05) is 75.4 Å². The quantitative estimate of drug-likeness (QED) is 0.368. The summed E-state index contributed by atoms with van der Waals surface area (Å²) in [6.45, 7) is 6.16. The van der Waals surface area contributed by atoms with Crippen molar-refractivity contribution in [2.75, 3.05) is 0 Å². The molecule has 3 rings (SSSR count). The lowest BCUT2D eigenvalue weighted by Gasteiger charge is -2.26. The number of carbonyl (C=O) groups excluding carboxylic acids is 2. The Bertz CT molecular complexity index is 1040. The summed E-state index contributed by atoms with van der Waals surface area (Å²) in [6, 6.07) is 15.9. The lowest BCUT2D eigenvalue weighted by Crippen LogP contribution is -2.56. The predicted molar refractivity (Wildman–Crippen MR) is 131 cm³/mol. The molecule has 0 radical (unpaired) electrons. The van der Waals surface area contributed by atoms with Crippen molar-refractivity contribution in [3.8, 4) is 5.75 Å². The number of nitrogens with zero attached hydrogens (tertiary/aromatic N) is 1. The van der Waals surface area contributed by atoms with Gasteiger partial charge in [0.05, 0.1) is 12.4 Å². The lowest BCUT2D eigenvalue weighted by molar-refractivity contribution is -0.130. The van der Waals surface area contributed by atoms with Crippen LogP contribution in [0.25, 0.3) is 0 Å². The second-order valence-corrected chi connectivity index (χ2v) is 9.31. The molecular weight excluding hydrogens is 430 g/mol. The van der Waals surface area contributed by atoms with Gasteiger partial charge in [-0.3, -0.25) is 9.59 Å². The van der Waals surface area contributed by atoms with Gasteiger partial charge in [-0.05, 0) is 44.0 Å². The van der Waals surface area contributed by atoms with E-state index in [1.54, 1.807) is 6.20 Å². The average molecular weight is 464 g/mol. The summed E-state index contributed by atoms with van der Waals surface area (Å²) in [6.07, 6.45) is 3.78. The first-order valence-corrected chi connectivity index (χ1v) is 11.3. The molecule has 2 amide bonds. The van der Waals surface area contributed by atoms with Gasteiger partial charge in [0, 0.05) is 30.3 Å². The number of H-pyrrole nitrogens is 1. The molecule has 0 aliphatic carbocycles. The highest BCUT2D eigenvalue weighted by molar-refractivity contribution is 5.90. The molecule has 0 aliphatic rings. The molecular formula is C26H33N5O3. The van der Waals surface area contributed by atoms with Gasteiger partial charge in [-0.1, -0.05) is 42.5 Å². The highest BCUT2D eigenvalue weighted by atomic mass is 16.5. The number of nitrogens with one attached hydrogen (secondary N) is 3. The maximum absolute atomic E-state index is 13.0. The molecule has 0 aliphatic heterocycles. The predicted octanol–water partition coefficient (Wildman–Crippen LogP) is 2.50. The zero-order valence-corrected chi connectivity index (χ0v) is 19.9. The van der Waals surface area contributed by atoms with E-state index < -0.39 is 23.5 Å². The number of nitrogens with two attached hydrogens (primary N) is 1. The van der Waals surface area contributed by atoms with E-state index in [0.717, 1.165) is 22.6 Å². The minimum atomic E-state index is -0.806. The third-order valence-corrected chi connectivity index (χ3v) is 5.07. The molecule has 0 saturated carbocycles. The van der Waals surface area contributed by atoms with Gasteiger partial charge in [0.2, 0.25) is 11.8 Å². The molecule has 0 fully saturated rings. The van der Waals surface area contributed by atoms with Gasteiger partial charge >= 0.3 is 0 Å². The molecule has 1 heterocycles. The molecule has 0 unspecified atom stereocenters. The van der Waals surface area contributed by atoms with Crippen molar-refractivity contribution in [3.05, 3.63) is 83.9 Å². The molecule has 0 bridgehead atoms. The number of ether oxygens (including phenoxy) is 1. The van der Waals surface area contributed by atoms with Crippen molar-refractivity contribution in [2.45, 2.75) is 57.8 Å². The second kappa shape index (κ2) is 11.5. The summed E-state index contributed by atoms with van der Waals surface area (Å²) in [4.78, 5) is 32.6. The number of aromatic amines is 1. The van der Waals surface area contributed by atoms with Crippen molar-refractivity contribution >= 4 is 11.8 Å². The molecule has 3 aromatic rings. The first-order valence-electron chi connectivity index (χ1n) is 11.3. The smallest absolute Gasteiger partial charge is 0.243 e. The number of rotatable bonds is 10. The number of imidazole rings is 1. The Morgan fingerprint density at radius 2 is 1.71 bits per heavy atom. The molecule has 1 aromatic heterocycles. The van der Waals surface area contributed by atoms with Crippen molar-refractivity contribution in [2.24, 2.45) is 5.73 Å². The zero-order valence-electron chi connectivity index (χ0n) is 19.9. The van der Waals surface area contributed by atoms with Crippen molar-refractivity contribution < 1.29 is 14.3 Å². The Morgan fingerprint density at radius 3 is 2.32 bits per heavy atom. The fourth-order valence-electron chi connectivity index (χ4n) is 3.37. The highest BCUT2D eigenvalue weighted by Gasteiger charge is 2.27. The van der Waals surface area contributed by atoms with Gasteiger partial charge in [-0.2, -0.15) is 0 Å². The summed E-state index contributed by atoms with van der Waals surface area (Å²) < 4.78 is 5.84. The Hall–Kier alpha value is -3.65. The third kappa shape index (κ3) is 8.04. The lowest BCUT2D eigenvalue weighted by atomic mass is 10.0. The fraction of sp³-hybridized carbons (Fsp3) is 0.346. The van der Waals surface area contributed by atoms with E-state index in [4.69, 9.17) is 10.5 Å². The Labute approximate surface area is 200 Å². The van der Waals surface area contributed by atoms with Gasteiger partial charge in [-0.15, -0.1) is 0 Å². The normalized spacial score (nSPS) is 13.1. The second-order valence-electron chi connectivity index (χ2n) is 9.31. The number of carbonyl (C=O) groups is 2. The maximum atomic E-state index is 13.0. The average Bonchev–Trinajstić information content (AvgIpc) is 3.30. The Morgan fingerprint density at radius 1 is 1.00 bits per heavy atom. The largest absolute Gasteiger partial charge is 0.489 e. The van der Waals surface area contributed by atoms with Gasteiger partial charge in [0.15, 0.2) is 0 Å². The maximum Gasteiger partial charge on any atom is 0.243 e. The first kappa shape index (κ1) is 25.0. The molecule has 2 aromatic carbocycles. The number of hydrogen-bond acceptors (Lipinski definition) is 5. The van der Waals surface area contributed by atoms with E-state index in [2.05, 4.69) is 20.6 Å². The van der Waals surface area contributed by atoms with Crippen LogP contribution in [-0.4, -0.2) is 39.4 Å². The van der Waals surface area contributed by atoms with Crippen LogP contribution < -0.4 is 21.1 Å². The standard InChI is InChI=1S/C26H33N5O3/c1-26(2,3)31-25(33)23(30-24(32)22(27)14-20-15-28-17-29-20)13-18-9-11-21(12-10-18)34-16-19-7-5-4-6-8-19/h4-12,15,17,22-23H,13-14,16,27H2,1-3H3,(H,28,29)(H,30,32)(H,31,33)/t22-,23-/m0/s1. The van der Waals surface area contributed by atoms with Crippen molar-refractivity contribution in [1.82, 2.24) is 20.6 Å². The van der Waals surface area contributed by atoms with E-state index in [-0.39, 0.29) is 5.91 Å². The van der Waals surface area contributed by atoms with E-state index >= 15 is 0 Å². The molecule has 8 heteroatoms. The summed E-state index contributed by atoms with van der Waals surface area (Å²) in [7, 11) is 0. The monoisotopic (exact) mass is 463 g/mol. The van der Waals surface area contributed by atoms with Crippen LogP contribution in [0.4, 0.5) is 0 Å². The van der Waals surface area contributed by atoms with Crippen LogP contribution >= 0.6 is 0 Å². The first-order chi connectivity index (χ1) is 16.2. The van der Waals surface area contributed by atoms with Crippen LogP contribution in [0.2, 0.25) is 0 Å². The molecule has 8 nitrogen and oxygen atoms in total. The molecule has 180 valence electrons. The van der Waals surface area contributed by atoms with Crippen molar-refractivity contribution in [3.63, 3.8) is 0 Å². The number of benzene rings is 2. The van der Waals surface area contributed by atoms with Gasteiger partial charge in [0.1, 0.15) is 18.4 Å². The minimum Gasteiger partial charge on any atom is -0.489 e. The summed E-state index contributed by atoms with van der Waals surface area (Å²) in [5.41, 5.74) is 8.36. The molecule has 34 heavy (non-hydrogen) atoms. The van der Waals surface area contributed by atoms with Crippen LogP contribution in [0.15, 0.2) is 67.1 Å². The zero-order chi connectivity index (χ0) is 24.6. The molecule has 0 spiro atoms. The summed E-state index contributed by atoms with van der Waals surface area (Å²) in [5.74, 6) is 0.0689. The van der Waals surface area contributed by atoms with E-state index in [0.29, 0.717) is 19.4 Å². The number of aromatic nitrogens is 2. The Balaban J connectivity index is 1.64. The van der Waals surface area contributed by atoms with E-state index in [1.165, 1.54) is 6.33 Å². The van der Waals surface area contributed by atoms with Crippen LogP contribution in [-0.2, 0) is 29.0 Å². The Kier molecular flexibility index (Phi) is 8.43. The molecule has 5 N–H and O–H groups in total. The van der Waals surface area contributed by atoms with Gasteiger partial charge < -0.3 is 26.1 Å². The fourth-order valence-corrected chi connectivity index (χ4v) is 3.37. The van der Waals surface area contributed by atoms with Crippen LogP contribution in [0.3, 0.4) is 0 Å². The van der Waals surface area contributed by atoms with Gasteiger partial charge in [-0.25, -0.2) is 4.98 Å². The minimum absolute atomic E-state index is 0.265. The summed E-state index contributed by atoms with van der Waals surface area (Å²) in [5, 5.41) is 5.76. The highest BCUT2D eigenvalue weighted by Crippen LogP contribution is 2.16. The van der Waals surface area contributed by atoms with Crippen LogP contribution in [0, 0.1) is 0 Å².